The molecule has 0 saturated heterocycles. The number of pyridine rings is 1. The number of fused-ring (bicyclic) bond motifs is 3. The highest BCUT2D eigenvalue weighted by Gasteiger charge is 2.14. The number of nitrogens with one attached hydrogen (secondary N) is 3. The van der Waals surface area contributed by atoms with Crippen molar-refractivity contribution in [2.45, 2.75) is 12.8 Å². The zero-order valence-corrected chi connectivity index (χ0v) is 16.9. The molecule has 5 rings (SSSR count). The van der Waals surface area contributed by atoms with Gasteiger partial charge in [-0.3, -0.25) is 9.59 Å². The maximum absolute atomic E-state index is 12.5. The molecule has 0 saturated carbocycles. The molecule has 8 nitrogen and oxygen atoms in total. The number of aliphatic carboxylic acids is 1. The predicted octanol–water partition coefficient (Wildman–Crippen LogP) is 4.23. The number of carboxylic acid groups (broad SMARTS) is 1. The van der Waals surface area contributed by atoms with E-state index in [0.717, 1.165) is 33.3 Å². The number of nitrogens with zero attached hydrogens (tertiary/aromatic N) is 2. The molecular weight excluding hydrogens is 406 g/mol. The second-order valence-electron chi connectivity index (χ2n) is 7.43. The lowest BCUT2D eigenvalue weighted by Gasteiger charge is -2.08. The van der Waals surface area contributed by atoms with Gasteiger partial charge >= 0.3 is 5.97 Å². The molecule has 2 aromatic carbocycles. The topological polar surface area (TPSA) is 124 Å². The molecule has 0 radical (unpaired) electrons. The molecule has 0 spiro atoms. The van der Waals surface area contributed by atoms with E-state index in [4.69, 9.17) is 5.11 Å². The van der Waals surface area contributed by atoms with E-state index in [2.05, 4.69) is 25.3 Å². The molecule has 3 aromatic heterocycles. The number of anilines is 2. The van der Waals surface area contributed by atoms with Crippen LogP contribution in [0.3, 0.4) is 0 Å². The van der Waals surface area contributed by atoms with Crippen molar-refractivity contribution >= 4 is 39.4 Å². The molecule has 8 heteroatoms. The van der Waals surface area contributed by atoms with E-state index in [9.17, 15) is 9.59 Å². The Morgan fingerprint density at radius 2 is 1.94 bits per heavy atom. The molecular formula is C24H19N5O3. The van der Waals surface area contributed by atoms with Crippen molar-refractivity contribution in [3.05, 3.63) is 82.9 Å². The van der Waals surface area contributed by atoms with E-state index >= 15 is 0 Å². The van der Waals surface area contributed by atoms with Crippen molar-refractivity contribution in [3.8, 4) is 11.3 Å². The van der Waals surface area contributed by atoms with Crippen LogP contribution >= 0.6 is 0 Å². The minimum atomic E-state index is -0.881. The fraction of sp³-hybridized carbons (Fsp3) is 0.0833. The van der Waals surface area contributed by atoms with Crippen LogP contribution in [0.4, 0.5) is 11.6 Å². The molecule has 0 aliphatic heterocycles. The van der Waals surface area contributed by atoms with Gasteiger partial charge in [0.2, 0.25) is 5.95 Å². The van der Waals surface area contributed by atoms with Gasteiger partial charge in [-0.25, -0.2) is 9.97 Å². The zero-order chi connectivity index (χ0) is 22.1. The summed E-state index contributed by atoms with van der Waals surface area (Å²) >= 11 is 0. The van der Waals surface area contributed by atoms with Crippen LogP contribution in [0.25, 0.3) is 33.1 Å². The van der Waals surface area contributed by atoms with Crippen molar-refractivity contribution in [3.63, 3.8) is 0 Å². The maximum atomic E-state index is 12.5. The lowest BCUT2D eigenvalue weighted by molar-refractivity contribution is -0.136. The van der Waals surface area contributed by atoms with Crippen LogP contribution in [0.2, 0.25) is 0 Å². The third-order valence-corrected chi connectivity index (χ3v) is 5.32. The van der Waals surface area contributed by atoms with Gasteiger partial charge in [-0.2, -0.15) is 0 Å². The summed E-state index contributed by atoms with van der Waals surface area (Å²) in [6.45, 7) is 0. The number of H-pyrrole nitrogens is 2. The summed E-state index contributed by atoms with van der Waals surface area (Å²) in [5.41, 5.74) is 4.14. The normalized spacial score (nSPS) is 11.1. The van der Waals surface area contributed by atoms with Crippen molar-refractivity contribution in [2.24, 2.45) is 0 Å². The average Bonchev–Trinajstić information content (AvgIpc) is 3.24. The summed E-state index contributed by atoms with van der Waals surface area (Å²) in [5, 5.41) is 13.8. The Labute approximate surface area is 182 Å². The number of carboxylic acids is 1. The first-order valence-corrected chi connectivity index (χ1v) is 10.1. The van der Waals surface area contributed by atoms with Crippen LogP contribution in [-0.4, -0.2) is 31.0 Å². The summed E-state index contributed by atoms with van der Waals surface area (Å²) in [4.78, 5) is 38.4. The number of aryl methyl sites for hydroxylation is 1. The fourth-order valence-corrected chi connectivity index (χ4v) is 3.82. The highest BCUT2D eigenvalue weighted by molar-refractivity contribution is 6.07. The van der Waals surface area contributed by atoms with Crippen molar-refractivity contribution < 1.29 is 9.90 Å². The van der Waals surface area contributed by atoms with Crippen molar-refractivity contribution in [1.29, 1.82) is 0 Å². The largest absolute Gasteiger partial charge is 0.481 e. The lowest BCUT2D eigenvalue weighted by atomic mass is 10.0. The van der Waals surface area contributed by atoms with Gasteiger partial charge in [0.15, 0.2) is 0 Å². The number of benzene rings is 2. The first-order valence-electron chi connectivity index (χ1n) is 10.1. The molecule has 0 aliphatic carbocycles. The Balaban J connectivity index is 1.60. The molecule has 3 heterocycles. The Hall–Kier alpha value is -4.46. The fourth-order valence-electron chi connectivity index (χ4n) is 3.82. The quantitative estimate of drug-likeness (QED) is 0.323. The second kappa shape index (κ2) is 7.99. The molecule has 0 amide bonds. The van der Waals surface area contributed by atoms with Gasteiger partial charge in [0.05, 0.1) is 5.69 Å². The molecule has 32 heavy (non-hydrogen) atoms. The van der Waals surface area contributed by atoms with Gasteiger partial charge in [-0.1, -0.05) is 24.3 Å². The van der Waals surface area contributed by atoms with Gasteiger partial charge in [-0.15, -0.1) is 0 Å². The van der Waals surface area contributed by atoms with Crippen LogP contribution in [0, 0.1) is 0 Å². The molecule has 0 bridgehead atoms. The highest BCUT2D eigenvalue weighted by Crippen LogP contribution is 2.29. The van der Waals surface area contributed by atoms with E-state index in [1.165, 1.54) is 0 Å². The SMILES string of the molecule is O=C(O)CCc1c[nH]c2c(=O)[nH]c3ccc(-c4ccnc(Nc5ccccc5)n4)cc3c12. The molecule has 158 valence electrons. The van der Waals surface area contributed by atoms with E-state index < -0.39 is 5.97 Å². The standard InChI is InChI=1S/C24H19N5O3/c30-20(31)9-7-15-13-26-22-21(15)17-12-14(6-8-19(17)28-23(22)32)18-10-11-25-24(29-18)27-16-4-2-1-3-5-16/h1-6,8,10-13,26H,7,9H2,(H,28,32)(H,30,31)(H,25,27,29). The lowest BCUT2D eigenvalue weighted by Crippen LogP contribution is -2.06. The molecule has 0 atom stereocenters. The number of aromatic amines is 2. The van der Waals surface area contributed by atoms with E-state index in [-0.39, 0.29) is 12.0 Å². The number of hydrogen-bond acceptors (Lipinski definition) is 5. The first kappa shape index (κ1) is 19.5. The van der Waals surface area contributed by atoms with Crippen molar-refractivity contribution in [2.75, 3.05) is 5.32 Å². The van der Waals surface area contributed by atoms with E-state index in [0.29, 0.717) is 23.4 Å². The number of hydrogen-bond donors (Lipinski definition) is 4. The first-order chi connectivity index (χ1) is 15.6. The Morgan fingerprint density at radius 1 is 1.09 bits per heavy atom. The third kappa shape index (κ3) is 3.69. The monoisotopic (exact) mass is 425 g/mol. The van der Waals surface area contributed by atoms with E-state index in [1.54, 1.807) is 12.4 Å². The highest BCUT2D eigenvalue weighted by atomic mass is 16.4. The van der Waals surface area contributed by atoms with Gasteiger partial charge in [0.1, 0.15) is 5.52 Å². The zero-order valence-electron chi connectivity index (χ0n) is 16.9. The number of carbonyl (C=O) groups is 1. The minimum absolute atomic E-state index is 0.0125. The van der Waals surface area contributed by atoms with Crippen LogP contribution < -0.4 is 10.9 Å². The summed E-state index contributed by atoms with van der Waals surface area (Å²) < 4.78 is 0. The third-order valence-electron chi connectivity index (χ3n) is 5.32. The summed E-state index contributed by atoms with van der Waals surface area (Å²) in [7, 11) is 0. The smallest absolute Gasteiger partial charge is 0.303 e. The Bertz CT molecular complexity index is 1510. The van der Waals surface area contributed by atoms with Gasteiger partial charge in [0.25, 0.3) is 5.56 Å². The predicted molar refractivity (Wildman–Crippen MR) is 123 cm³/mol. The van der Waals surface area contributed by atoms with Gasteiger partial charge in [-0.05, 0) is 42.3 Å². The van der Waals surface area contributed by atoms with Crippen LogP contribution in [-0.2, 0) is 11.2 Å². The summed E-state index contributed by atoms with van der Waals surface area (Å²) in [6, 6.07) is 17.2. The second-order valence-corrected chi connectivity index (χ2v) is 7.43. The average molecular weight is 425 g/mol. The summed E-state index contributed by atoms with van der Waals surface area (Å²) in [5.74, 6) is -0.405. The van der Waals surface area contributed by atoms with Crippen molar-refractivity contribution in [1.82, 2.24) is 19.9 Å². The van der Waals surface area contributed by atoms with Crippen LogP contribution in [0.1, 0.15) is 12.0 Å². The molecule has 0 aliphatic rings. The van der Waals surface area contributed by atoms with Gasteiger partial charge < -0.3 is 20.4 Å². The molecule has 0 unspecified atom stereocenters. The molecule has 4 N–H and O–H groups in total. The maximum Gasteiger partial charge on any atom is 0.303 e. The minimum Gasteiger partial charge on any atom is -0.481 e. The number of para-hydroxylation sites is 1. The number of rotatable bonds is 6. The van der Waals surface area contributed by atoms with Crippen LogP contribution in [0.15, 0.2) is 71.8 Å². The van der Waals surface area contributed by atoms with Crippen LogP contribution in [0.5, 0.6) is 0 Å². The number of aromatic nitrogens is 4. The molecule has 5 aromatic rings. The Morgan fingerprint density at radius 3 is 2.75 bits per heavy atom. The molecule has 0 fully saturated rings. The van der Waals surface area contributed by atoms with Gasteiger partial charge in [0, 0.05) is 46.4 Å². The van der Waals surface area contributed by atoms with E-state index in [1.807, 2.05) is 54.6 Å². The Kier molecular flexibility index (Phi) is 4.87. The summed E-state index contributed by atoms with van der Waals surface area (Å²) in [6.07, 6.45) is 3.72.